The number of aliphatic hydroxyl groups excluding tert-OH is 1. The quantitative estimate of drug-likeness (QED) is 0.840. The molecular formula is C14H23N3O. The van der Waals surface area contributed by atoms with Gasteiger partial charge in [-0.2, -0.15) is 0 Å². The summed E-state index contributed by atoms with van der Waals surface area (Å²) < 4.78 is 0. The molecule has 0 aliphatic heterocycles. The lowest BCUT2D eigenvalue weighted by Crippen LogP contribution is -2.38. The van der Waals surface area contributed by atoms with Gasteiger partial charge in [0.25, 0.3) is 0 Å². The highest BCUT2D eigenvalue weighted by Gasteiger charge is 2.21. The summed E-state index contributed by atoms with van der Waals surface area (Å²) in [5.74, 6) is 0.881. The maximum absolute atomic E-state index is 9.28. The average molecular weight is 249 g/mol. The Labute approximate surface area is 109 Å². The minimum atomic E-state index is 0.202. The molecule has 0 aromatic carbocycles. The van der Waals surface area contributed by atoms with Gasteiger partial charge in [0.05, 0.1) is 6.61 Å². The van der Waals surface area contributed by atoms with Crippen LogP contribution in [-0.2, 0) is 0 Å². The summed E-state index contributed by atoms with van der Waals surface area (Å²) in [4.78, 5) is 6.58. The van der Waals surface area contributed by atoms with E-state index in [0.717, 1.165) is 11.5 Å². The maximum Gasteiger partial charge on any atom is 0.127 e. The lowest BCUT2D eigenvalue weighted by Gasteiger charge is -2.35. The fourth-order valence-electron chi connectivity index (χ4n) is 2.76. The van der Waals surface area contributed by atoms with Gasteiger partial charge in [0.1, 0.15) is 5.82 Å². The second-order valence-electron chi connectivity index (χ2n) is 4.86. The van der Waals surface area contributed by atoms with Gasteiger partial charge in [0.2, 0.25) is 0 Å². The molecule has 0 unspecified atom stereocenters. The Morgan fingerprint density at radius 3 is 2.83 bits per heavy atom. The SMILES string of the molecule is CNc1cc(N(CCO)C2CCCCC2)ccn1. The molecule has 1 heterocycles. The van der Waals surface area contributed by atoms with E-state index in [-0.39, 0.29) is 6.61 Å². The van der Waals surface area contributed by atoms with Crippen LogP contribution in [0, 0.1) is 0 Å². The second-order valence-corrected chi connectivity index (χ2v) is 4.86. The minimum absolute atomic E-state index is 0.202. The molecule has 1 aromatic rings. The summed E-state index contributed by atoms with van der Waals surface area (Å²) in [6.45, 7) is 0.908. The number of rotatable bonds is 5. The van der Waals surface area contributed by atoms with Gasteiger partial charge in [0, 0.05) is 37.6 Å². The summed E-state index contributed by atoms with van der Waals surface area (Å²) in [6, 6.07) is 4.66. The van der Waals surface area contributed by atoms with Gasteiger partial charge in [0.15, 0.2) is 0 Å². The first-order valence-electron chi connectivity index (χ1n) is 6.86. The van der Waals surface area contributed by atoms with Gasteiger partial charge in [-0.25, -0.2) is 4.98 Å². The van der Waals surface area contributed by atoms with Gasteiger partial charge in [-0.3, -0.25) is 0 Å². The zero-order chi connectivity index (χ0) is 12.8. The number of pyridine rings is 1. The Morgan fingerprint density at radius 1 is 1.39 bits per heavy atom. The molecule has 1 fully saturated rings. The van der Waals surface area contributed by atoms with Crippen LogP contribution in [0.25, 0.3) is 0 Å². The minimum Gasteiger partial charge on any atom is -0.395 e. The molecule has 0 bridgehead atoms. The van der Waals surface area contributed by atoms with E-state index < -0.39 is 0 Å². The van der Waals surface area contributed by atoms with Gasteiger partial charge >= 0.3 is 0 Å². The predicted octanol–water partition coefficient (Wildman–Crippen LogP) is 2.25. The molecule has 1 aromatic heterocycles. The monoisotopic (exact) mass is 249 g/mol. The van der Waals surface area contributed by atoms with Crippen molar-refractivity contribution in [2.24, 2.45) is 0 Å². The standard InChI is InChI=1S/C14H23N3O/c1-15-14-11-13(7-8-16-14)17(9-10-18)12-5-3-2-4-6-12/h7-8,11-12,18H,2-6,9-10H2,1H3,(H,15,16). The van der Waals surface area contributed by atoms with Crippen molar-refractivity contribution in [1.82, 2.24) is 4.98 Å². The number of aliphatic hydroxyl groups is 1. The van der Waals surface area contributed by atoms with Crippen molar-refractivity contribution < 1.29 is 5.11 Å². The van der Waals surface area contributed by atoms with Gasteiger partial charge in [-0.15, -0.1) is 0 Å². The largest absolute Gasteiger partial charge is 0.395 e. The second kappa shape index (κ2) is 6.59. The molecule has 1 saturated carbocycles. The van der Waals surface area contributed by atoms with Crippen LogP contribution < -0.4 is 10.2 Å². The molecular weight excluding hydrogens is 226 g/mol. The highest BCUT2D eigenvalue weighted by atomic mass is 16.3. The third-order valence-electron chi connectivity index (χ3n) is 3.69. The topological polar surface area (TPSA) is 48.4 Å². The molecule has 18 heavy (non-hydrogen) atoms. The molecule has 1 aliphatic carbocycles. The average Bonchev–Trinajstić information content (AvgIpc) is 2.46. The smallest absolute Gasteiger partial charge is 0.127 e. The van der Waals surface area contributed by atoms with E-state index in [2.05, 4.69) is 21.3 Å². The van der Waals surface area contributed by atoms with Crippen molar-refractivity contribution in [2.45, 2.75) is 38.1 Å². The van der Waals surface area contributed by atoms with E-state index in [0.29, 0.717) is 12.6 Å². The van der Waals surface area contributed by atoms with Crippen LogP contribution in [0.15, 0.2) is 18.3 Å². The Kier molecular flexibility index (Phi) is 4.81. The molecule has 100 valence electrons. The van der Waals surface area contributed by atoms with Gasteiger partial charge < -0.3 is 15.3 Å². The Balaban J connectivity index is 2.16. The van der Waals surface area contributed by atoms with Crippen molar-refractivity contribution >= 4 is 11.5 Å². The first kappa shape index (κ1) is 13.1. The van der Waals surface area contributed by atoms with Gasteiger partial charge in [-0.1, -0.05) is 19.3 Å². The summed E-state index contributed by atoms with van der Waals surface area (Å²) in [6.07, 6.45) is 8.25. The number of nitrogens with one attached hydrogen (secondary N) is 1. The first-order chi connectivity index (χ1) is 8.85. The molecule has 0 spiro atoms. The molecule has 1 aliphatic rings. The third kappa shape index (κ3) is 3.13. The fourth-order valence-corrected chi connectivity index (χ4v) is 2.76. The molecule has 4 nitrogen and oxygen atoms in total. The van der Waals surface area contributed by atoms with Crippen molar-refractivity contribution in [3.05, 3.63) is 18.3 Å². The number of hydrogen-bond acceptors (Lipinski definition) is 4. The van der Waals surface area contributed by atoms with E-state index in [1.54, 1.807) is 0 Å². The number of nitrogens with zero attached hydrogens (tertiary/aromatic N) is 2. The van der Waals surface area contributed by atoms with E-state index in [9.17, 15) is 5.11 Å². The third-order valence-corrected chi connectivity index (χ3v) is 3.69. The van der Waals surface area contributed by atoms with Crippen molar-refractivity contribution in [3.63, 3.8) is 0 Å². The van der Waals surface area contributed by atoms with Crippen molar-refractivity contribution in [1.29, 1.82) is 0 Å². The summed E-state index contributed by atoms with van der Waals surface area (Å²) in [5.41, 5.74) is 1.16. The highest BCUT2D eigenvalue weighted by molar-refractivity contribution is 5.54. The molecule has 4 heteroatoms. The summed E-state index contributed by atoms with van der Waals surface area (Å²) in [7, 11) is 1.88. The molecule has 0 saturated heterocycles. The van der Waals surface area contributed by atoms with Crippen LogP contribution in [0.2, 0.25) is 0 Å². The van der Waals surface area contributed by atoms with E-state index in [1.807, 2.05) is 19.3 Å². The van der Waals surface area contributed by atoms with E-state index in [4.69, 9.17) is 0 Å². The lowest BCUT2D eigenvalue weighted by molar-refractivity contribution is 0.290. The molecule has 0 radical (unpaired) electrons. The number of hydrogen-bond donors (Lipinski definition) is 2. The molecule has 2 rings (SSSR count). The van der Waals surface area contributed by atoms with Crippen LogP contribution in [0.1, 0.15) is 32.1 Å². The van der Waals surface area contributed by atoms with Gasteiger partial charge in [-0.05, 0) is 18.9 Å². The molecule has 0 atom stereocenters. The Hall–Kier alpha value is -1.29. The fraction of sp³-hybridized carbons (Fsp3) is 0.643. The Morgan fingerprint density at radius 2 is 2.17 bits per heavy atom. The van der Waals surface area contributed by atoms with Crippen LogP contribution in [0.3, 0.4) is 0 Å². The number of anilines is 2. The van der Waals surface area contributed by atoms with Crippen molar-refractivity contribution in [2.75, 3.05) is 30.4 Å². The molecule has 0 amide bonds. The first-order valence-corrected chi connectivity index (χ1v) is 6.86. The lowest BCUT2D eigenvalue weighted by atomic mass is 9.94. The normalized spacial score (nSPS) is 16.6. The van der Waals surface area contributed by atoms with E-state index >= 15 is 0 Å². The van der Waals surface area contributed by atoms with Crippen molar-refractivity contribution in [3.8, 4) is 0 Å². The van der Waals surface area contributed by atoms with Crippen LogP contribution in [0.4, 0.5) is 11.5 Å². The van der Waals surface area contributed by atoms with Crippen LogP contribution in [-0.4, -0.2) is 36.3 Å². The van der Waals surface area contributed by atoms with Crippen LogP contribution in [0.5, 0.6) is 0 Å². The highest BCUT2D eigenvalue weighted by Crippen LogP contribution is 2.27. The summed E-state index contributed by atoms with van der Waals surface area (Å²) in [5, 5.41) is 12.3. The van der Waals surface area contributed by atoms with Crippen LogP contribution >= 0.6 is 0 Å². The predicted molar refractivity (Wildman–Crippen MR) is 75.1 cm³/mol. The molecule has 2 N–H and O–H groups in total. The van der Waals surface area contributed by atoms with E-state index in [1.165, 1.54) is 32.1 Å². The Bertz CT molecular complexity index is 364. The maximum atomic E-state index is 9.28. The zero-order valence-corrected chi connectivity index (χ0v) is 11.1. The summed E-state index contributed by atoms with van der Waals surface area (Å²) >= 11 is 0. The zero-order valence-electron chi connectivity index (χ0n) is 11.1. The number of aromatic nitrogens is 1.